The van der Waals surface area contributed by atoms with Gasteiger partial charge in [-0.2, -0.15) is 5.10 Å². The van der Waals surface area contributed by atoms with Crippen molar-refractivity contribution in [3.05, 3.63) is 77.8 Å². The van der Waals surface area contributed by atoms with Crippen LogP contribution < -0.4 is 4.74 Å². The van der Waals surface area contributed by atoms with E-state index < -0.39 is 0 Å². The Balaban J connectivity index is 1.51. The van der Waals surface area contributed by atoms with Crippen molar-refractivity contribution in [2.45, 2.75) is 13.0 Å². The molecule has 8 heteroatoms. The quantitative estimate of drug-likeness (QED) is 0.468. The number of aromatic nitrogens is 4. The van der Waals surface area contributed by atoms with Gasteiger partial charge in [-0.25, -0.2) is 14.6 Å². The molecular weight excluding hydrogens is 398 g/mol. The van der Waals surface area contributed by atoms with Crippen molar-refractivity contribution in [1.29, 1.82) is 0 Å². The Morgan fingerprint density at radius 3 is 2.63 bits per heavy atom. The first kappa shape index (κ1) is 19.8. The molecule has 0 aliphatic carbocycles. The third-order valence-electron chi connectivity index (χ3n) is 5.02. The first-order valence-electron chi connectivity index (χ1n) is 9.39. The zero-order chi connectivity index (χ0) is 21.1. The van der Waals surface area contributed by atoms with E-state index in [2.05, 4.69) is 15.1 Å². The van der Waals surface area contributed by atoms with Gasteiger partial charge in [-0.15, -0.1) is 11.3 Å². The van der Waals surface area contributed by atoms with Crippen LogP contribution in [0.15, 0.2) is 66.6 Å². The van der Waals surface area contributed by atoms with Crippen LogP contribution in [-0.2, 0) is 0 Å². The van der Waals surface area contributed by atoms with E-state index in [0.717, 1.165) is 27.6 Å². The first-order chi connectivity index (χ1) is 14.6. The summed E-state index contributed by atoms with van der Waals surface area (Å²) >= 11 is 1.43. The lowest BCUT2D eigenvalue weighted by Crippen LogP contribution is -2.29. The lowest BCUT2D eigenvalue weighted by molar-refractivity contribution is 0.0737. The Hall–Kier alpha value is -3.52. The van der Waals surface area contributed by atoms with Gasteiger partial charge >= 0.3 is 0 Å². The molecule has 0 fully saturated rings. The van der Waals surface area contributed by atoms with E-state index in [1.54, 1.807) is 35.4 Å². The zero-order valence-corrected chi connectivity index (χ0v) is 17.7. The number of nitrogens with zero attached hydrogens (tertiary/aromatic N) is 5. The monoisotopic (exact) mass is 419 g/mol. The summed E-state index contributed by atoms with van der Waals surface area (Å²) in [5.41, 5.74) is 3.24. The molecule has 7 nitrogen and oxygen atoms in total. The molecule has 4 rings (SSSR count). The van der Waals surface area contributed by atoms with Gasteiger partial charge in [0.1, 0.15) is 29.1 Å². The number of para-hydroxylation sites is 1. The molecule has 30 heavy (non-hydrogen) atoms. The van der Waals surface area contributed by atoms with Crippen molar-refractivity contribution < 1.29 is 9.53 Å². The number of rotatable bonds is 6. The number of benzene rings is 2. The first-order valence-corrected chi connectivity index (χ1v) is 10.3. The molecule has 152 valence electrons. The van der Waals surface area contributed by atoms with Gasteiger partial charge in [0.05, 0.1) is 24.4 Å². The predicted octanol–water partition coefficient (Wildman–Crippen LogP) is 4.23. The van der Waals surface area contributed by atoms with E-state index in [4.69, 9.17) is 4.74 Å². The molecule has 0 aliphatic heterocycles. The minimum Gasteiger partial charge on any atom is -0.496 e. The Bertz CT molecular complexity index is 1140. The molecule has 4 aromatic rings. The van der Waals surface area contributed by atoms with Gasteiger partial charge in [0.25, 0.3) is 5.91 Å². The van der Waals surface area contributed by atoms with E-state index in [-0.39, 0.29) is 11.9 Å². The summed E-state index contributed by atoms with van der Waals surface area (Å²) in [6.07, 6.45) is 3.14. The number of carbonyl (C=O) groups excluding carboxylic acids is 1. The molecule has 0 spiro atoms. The fraction of sp³-hybridized carbons (Fsp3) is 0.182. The van der Waals surface area contributed by atoms with Gasteiger partial charge in [-0.1, -0.05) is 24.3 Å². The maximum absolute atomic E-state index is 13.0. The summed E-state index contributed by atoms with van der Waals surface area (Å²) < 4.78 is 7.10. The number of hydrogen-bond donors (Lipinski definition) is 0. The SMILES string of the molecule is COc1ccccc1-c1nc(C(=O)N(C)C(C)c2ccc(-n3cncn3)cc2)cs1. The fourth-order valence-electron chi connectivity index (χ4n) is 3.14. The van der Waals surface area contributed by atoms with E-state index in [1.807, 2.05) is 55.5 Å². The number of hydrogen-bond acceptors (Lipinski definition) is 6. The van der Waals surface area contributed by atoms with Crippen LogP contribution in [0.2, 0.25) is 0 Å². The zero-order valence-electron chi connectivity index (χ0n) is 16.9. The highest BCUT2D eigenvalue weighted by atomic mass is 32.1. The molecule has 1 atom stereocenters. The molecule has 1 amide bonds. The number of thiazole rings is 1. The van der Waals surface area contributed by atoms with Crippen LogP contribution in [0.25, 0.3) is 16.3 Å². The molecule has 0 N–H and O–H groups in total. The highest BCUT2D eigenvalue weighted by molar-refractivity contribution is 7.13. The molecule has 0 bridgehead atoms. The van der Waals surface area contributed by atoms with Crippen LogP contribution in [0.5, 0.6) is 5.75 Å². The summed E-state index contributed by atoms with van der Waals surface area (Å²) in [5, 5.41) is 6.68. The highest BCUT2D eigenvalue weighted by Gasteiger charge is 2.22. The third-order valence-corrected chi connectivity index (χ3v) is 5.90. The Kier molecular flexibility index (Phi) is 5.58. The van der Waals surface area contributed by atoms with Crippen LogP contribution in [0.3, 0.4) is 0 Å². The van der Waals surface area contributed by atoms with Crippen molar-refractivity contribution in [3.8, 4) is 22.0 Å². The maximum Gasteiger partial charge on any atom is 0.273 e. The lowest BCUT2D eigenvalue weighted by Gasteiger charge is -2.24. The Morgan fingerprint density at radius 1 is 1.17 bits per heavy atom. The third kappa shape index (κ3) is 3.81. The van der Waals surface area contributed by atoms with Gasteiger partial charge in [-0.3, -0.25) is 4.79 Å². The summed E-state index contributed by atoms with van der Waals surface area (Å²) in [7, 11) is 3.42. The summed E-state index contributed by atoms with van der Waals surface area (Å²) in [4.78, 5) is 23.3. The van der Waals surface area contributed by atoms with Crippen molar-refractivity contribution in [2.75, 3.05) is 14.2 Å². The molecule has 0 saturated heterocycles. The average Bonchev–Trinajstić information content (AvgIpc) is 3.50. The summed E-state index contributed by atoms with van der Waals surface area (Å²) in [6.45, 7) is 2.00. The second-order valence-corrected chi connectivity index (χ2v) is 7.62. The predicted molar refractivity (Wildman–Crippen MR) is 116 cm³/mol. The molecular formula is C22H21N5O2S. The van der Waals surface area contributed by atoms with E-state index >= 15 is 0 Å². The normalized spacial score (nSPS) is 11.8. The van der Waals surface area contributed by atoms with Gasteiger partial charge in [-0.05, 0) is 36.8 Å². The standard InChI is InChI=1S/C22H21N5O2S/c1-15(16-8-10-17(11-9-16)27-14-23-13-24-27)26(2)22(28)19-12-30-21(25-19)18-6-4-5-7-20(18)29-3/h4-15H,1-3H3. The molecule has 2 aromatic carbocycles. The molecule has 2 aromatic heterocycles. The van der Waals surface area contributed by atoms with Crippen molar-refractivity contribution in [2.24, 2.45) is 0 Å². The van der Waals surface area contributed by atoms with Gasteiger partial charge < -0.3 is 9.64 Å². The van der Waals surface area contributed by atoms with Crippen LogP contribution in [-0.4, -0.2) is 44.7 Å². The number of methoxy groups -OCH3 is 1. The minimum absolute atomic E-state index is 0.112. The Labute approximate surface area is 178 Å². The van der Waals surface area contributed by atoms with Crippen LogP contribution in [0, 0.1) is 0 Å². The summed E-state index contributed by atoms with van der Waals surface area (Å²) in [6, 6.07) is 15.5. The average molecular weight is 420 g/mol. The van der Waals surface area contributed by atoms with Gasteiger partial charge in [0.2, 0.25) is 0 Å². The second-order valence-electron chi connectivity index (χ2n) is 6.76. The van der Waals surface area contributed by atoms with Crippen LogP contribution in [0.4, 0.5) is 0 Å². The molecule has 0 saturated carbocycles. The number of carbonyl (C=O) groups is 1. The highest BCUT2D eigenvalue weighted by Crippen LogP contribution is 2.32. The van der Waals surface area contributed by atoms with Crippen LogP contribution >= 0.6 is 11.3 Å². The van der Waals surface area contributed by atoms with Gasteiger partial charge in [0, 0.05) is 12.4 Å². The Morgan fingerprint density at radius 2 is 1.93 bits per heavy atom. The lowest BCUT2D eigenvalue weighted by atomic mass is 10.1. The number of ether oxygens (including phenoxy) is 1. The van der Waals surface area contributed by atoms with Crippen molar-refractivity contribution >= 4 is 17.2 Å². The molecule has 1 unspecified atom stereocenters. The van der Waals surface area contributed by atoms with Crippen LogP contribution in [0.1, 0.15) is 29.0 Å². The van der Waals surface area contributed by atoms with E-state index in [1.165, 1.54) is 17.7 Å². The molecule has 2 heterocycles. The largest absolute Gasteiger partial charge is 0.496 e. The molecule has 0 radical (unpaired) electrons. The smallest absolute Gasteiger partial charge is 0.273 e. The fourth-order valence-corrected chi connectivity index (χ4v) is 3.97. The maximum atomic E-state index is 13.0. The van der Waals surface area contributed by atoms with E-state index in [0.29, 0.717) is 5.69 Å². The van der Waals surface area contributed by atoms with E-state index in [9.17, 15) is 4.79 Å². The molecule has 0 aliphatic rings. The van der Waals surface area contributed by atoms with Crippen molar-refractivity contribution in [3.63, 3.8) is 0 Å². The second kappa shape index (κ2) is 8.46. The van der Waals surface area contributed by atoms with Gasteiger partial charge in [0.15, 0.2) is 0 Å². The number of amides is 1. The topological polar surface area (TPSA) is 73.1 Å². The minimum atomic E-state index is -0.125. The summed E-state index contributed by atoms with van der Waals surface area (Å²) in [5.74, 6) is 0.611. The van der Waals surface area contributed by atoms with Crippen molar-refractivity contribution in [1.82, 2.24) is 24.6 Å².